The third-order valence-electron chi connectivity index (χ3n) is 5.68. The fourth-order valence-electron chi connectivity index (χ4n) is 3.76. The summed E-state index contributed by atoms with van der Waals surface area (Å²) in [7, 11) is 0. The molecule has 212 valence electrons. The van der Waals surface area contributed by atoms with Gasteiger partial charge in [-0.05, 0) is 48.2 Å². The van der Waals surface area contributed by atoms with E-state index in [1.54, 1.807) is 48.8 Å². The van der Waals surface area contributed by atoms with E-state index in [4.69, 9.17) is 23.7 Å². The molecule has 2 aromatic heterocycles. The number of fused-ring (bicyclic) bond motifs is 2. The molecule has 0 unspecified atom stereocenters. The highest BCUT2D eigenvalue weighted by Crippen LogP contribution is 2.27. The van der Waals surface area contributed by atoms with Gasteiger partial charge in [-0.1, -0.05) is 52.0 Å². The highest BCUT2D eigenvalue weighted by Gasteiger charge is 2.19. The van der Waals surface area contributed by atoms with Gasteiger partial charge in [-0.15, -0.1) is 12.8 Å². The van der Waals surface area contributed by atoms with Crippen LogP contribution in [-0.2, 0) is 22.4 Å². The van der Waals surface area contributed by atoms with Crippen molar-refractivity contribution in [2.45, 2.75) is 24.9 Å². The number of alkyl halides is 1. The number of phenolic OH excluding ortho intramolecular Hbond substituents is 2. The zero-order chi connectivity index (χ0) is 30.4. The van der Waals surface area contributed by atoms with Crippen LogP contribution in [0.25, 0.3) is 21.8 Å². The van der Waals surface area contributed by atoms with Crippen LogP contribution >= 0.6 is 15.9 Å². The van der Waals surface area contributed by atoms with Crippen LogP contribution in [0.15, 0.2) is 60.9 Å². The van der Waals surface area contributed by atoms with Crippen LogP contribution in [0.4, 0.5) is 0 Å². The van der Waals surface area contributed by atoms with Crippen molar-refractivity contribution in [3.05, 3.63) is 72.1 Å². The van der Waals surface area contributed by atoms with E-state index in [0.717, 1.165) is 21.9 Å². The largest absolute Gasteiger partial charge is 0.506 e. The van der Waals surface area contributed by atoms with Crippen molar-refractivity contribution in [2.75, 3.05) is 11.9 Å². The van der Waals surface area contributed by atoms with Crippen LogP contribution in [0, 0.1) is 24.7 Å². The van der Waals surface area contributed by atoms with E-state index in [9.17, 15) is 24.9 Å². The Morgan fingerprint density at radius 2 is 1.34 bits per heavy atom. The second-order valence-electron chi connectivity index (χ2n) is 8.45. The molecule has 4 aromatic rings. The Bertz CT molecular complexity index is 1580. The Morgan fingerprint density at radius 1 is 0.854 bits per heavy atom. The first kappa shape index (κ1) is 32.5. The topological polar surface area (TPSA) is 179 Å². The predicted molar refractivity (Wildman–Crippen MR) is 161 cm³/mol. The molecule has 10 nitrogen and oxygen atoms in total. The molecule has 0 saturated heterocycles. The molecule has 0 radical (unpaired) electrons. The lowest BCUT2D eigenvalue weighted by Gasteiger charge is -2.14. The highest BCUT2D eigenvalue weighted by molar-refractivity contribution is 9.09. The molecule has 2 atom stereocenters. The lowest BCUT2D eigenvalue weighted by atomic mass is 10.0. The number of nitrogens with one attached hydrogen (secondary N) is 1. The summed E-state index contributed by atoms with van der Waals surface area (Å²) < 4.78 is 0. The summed E-state index contributed by atoms with van der Waals surface area (Å²) >= 11 is 3.01. The molecular formula is C30H29BrN4O6. The Labute approximate surface area is 245 Å². The van der Waals surface area contributed by atoms with Crippen molar-refractivity contribution in [3.8, 4) is 36.2 Å². The Hall–Kier alpha value is -4.68. The van der Waals surface area contributed by atoms with E-state index >= 15 is 0 Å². The zero-order valence-electron chi connectivity index (χ0n) is 21.9. The molecule has 0 amide bonds. The van der Waals surface area contributed by atoms with E-state index in [2.05, 4.69) is 43.1 Å². The number of aromatic nitrogens is 2. The van der Waals surface area contributed by atoms with Gasteiger partial charge in [0.05, 0.1) is 11.9 Å². The smallest absolute Gasteiger partial charge is 0.321 e. The van der Waals surface area contributed by atoms with E-state index in [-0.39, 0.29) is 30.9 Å². The van der Waals surface area contributed by atoms with Gasteiger partial charge in [0.1, 0.15) is 34.6 Å². The molecule has 7 N–H and O–H groups in total. The number of nitrogens with zero attached hydrogens (tertiary/aromatic N) is 2. The van der Waals surface area contributed by atoms with Crippen molar-refractivity contribution < 1.29 is 30.0 Å². The monoisotopic (exact) mass is 620 g/mol. The highest BCUT2D eigenvalue weighted by atomic mass is 79.9. The Balaban J connectivity index is 0.000000256. The Morgan fingerprint density at radius 3 is 1.76 bits per heavy atom. The normalized spacial score (nSPS) is 11.5. The second kappa shape index (κ2) is 16.4. The standard InChI is InChI=1S/C15H14N2O3.C12H12N2O3.C3H3Br/c1-2-7-16-12(15(19)20)9-10-5-6-13(18)14-11(10)4-3-8-17-14;13-9(12(16)17)6-7-3-4-10(15)11-8(7)2-1-5-14-11;1-2-3-4/h1,3-6,8,12,16,18H,7,9H2,(H,19,20);1-5,9,15H,6,13H2,(H,16,17);1H,3H2/t12-;9-;/m11./s1. The van der Waals surface area contributed by atoms with E-state index < -0.39 is 24.0 Å². The van der Waals surface area contributed by atoms with Crippen molar-refractivity contribution in [1.82, 2.24) is 15.3 Å². The average molecular weight is 621 g/mol. The molecule has 11 heteroatoms. The van der Waals surface area contributed by atoms with Crippen LogP contribution in [0.2, 0.25) is 0 Å². The number of pyridine rings is 2. The number of carboxylic acid groups (broad SMARTS) is 2. The van der Waals surface area contributed by atoms with Crippen LogP contribution < -0.4 is 11.1 Å². The summed E-state index contributed by atoms with van der Waals surface area (Å²) in [6.45, 7) is 0.186. The summed E-state index contributed by atoms with van der Waals surface area (Å²) in [5.41, 5.74) is 7.98. The van der Waals surface area contributed by atoms with Gasteiger partial charge in [0, 0.05) is 23.2 Å². The van der Waals surface area contributed by atoms with Gasteiger partial charge >= 0.3 is 11.9 Å². The molecule has 0 fully saturated rings. The molecule has 41 heavy (non-hydrogen) atoms. The molecule has 4 rings (SSSR count). The minimum atomic E-state index is -1.05. The molecular weight excluding hydrogens is 592 g/mol. The maximum atomic E-state index is 11.2. The van der Waals surface area contributed by atoms with Crippen LogP contribution in [0.3, 0.4) is 0 Å². The third kappa shape index (κ3) is 9.48. The zero-order valence-corrected chi connectivity index (χ0v) is 23.5. The number of aliphatic carboxylic acids is 2. The number of carbonyl (C=O) groups is 2. The van der Waals surface area contributed by atoms with Crippen molar-refractivity contribution in [1.29, 1.82) is 0 Å². The number of rotatable bonds is 8. The van der Waals surface area contributed by atoms with Gasteiger partial charge in [0.2, 0.25) is 0 Å². The summed E-state index contributed by atoms with van der Waals surface area (Å²) in [5.74, 6) is 2.85. The Kier molecular flexibility index (Phi) is 13.0. The number of phenols is 2. The van der Waals surface area contributed by atoms with E-state index in [0.29, 0.717) is 16.4 Å². The lowest BCUT2D eigenvalue weighted by molar-refractivity contribution is -0.140. The third-order valence-corrected chi connectivity index (χ3v) is 6.01. The number of hydrogen-bond donors (Lipinski definition) is 6. The van der Waals surface area contributed by atoms with Crippen molar-refractivity contribution >= 4 is 49.7 Å². The van der Waals surface area contributed by atoms with Gasteiger partial charge in [0.25, 0.3) is 0 Å². The van der Waals surface area contributed by atoms with Crippen LogP contribution in [0.5, 0.6) is 11.5 Å². The van der Waals surface area contributed by atoms with E-state index in [1.165, 1.54) is 12.1 Å². The number of terminal acetylenes is 2. The lowest BCUT2D eigenvalue weighted by Crippen LogP contribution is -2.38. The molecule has 2 aromatic carbocycles. The molecule has 0 aliphatic heterocycles. The number of carboxylic acids is 2. The fraction of sp³-hybridized carbons (Fsp3) is 0.200. The molecule has 0 aliphatic carbocycles. The van der Waals surface area contributed by atoms with E-state index in [1.807, 2.05) is 0 Å². The van der Waals surface area contributed by atoms with Gasteiger partial charge in [-0.3, -0.25) is 24.9 Å². The van der Waals surface area contributed by atoms with Gasteiger partial charge in [0.15, 0.2) is 0 Å². The van der Waals surface area contributed by atoms with Crippen molar-refractivity contribution in [3.63, 3.8) is 0 Å². The summed E-state index contributed by atoms with van der Waals surface area (Å²) in [6, 6.07) is 11.7. The first-order valence-electron chi connectivity index (χ1n) is 12.1. The SMILES string of the molecule is C#CCBr.C#CCN[C@H](Cc1ccc(O)c2ncccc12)C(=O)O.N[C@H](Cc1ccc(O)c2ncccc12)C(=O)O. The first-order valence-corrected chi connectivity index (χ1v) is 13.2. The number of aromatic hydroxyl groups is 2. The number of halogens is 1. The van der Waals surface area contributed by atoms with Crippen LogP contribution in [0.1, 0.15) is 11.1 Å². The number of hydrogen-bond acceptors (Lipinski definition) is 8. The number of benzene rings is 2. The quantitative estimate of drug-likeness (QED) is 0.127. The molecule has 0 aliphatic rings. The molecule has 0 spiro atoms. The summed E-state index contributed by atoms with van der Waals surface area (Å²) in [6.07, 6.45) is 13.5. The summed E-state index contributed by atoms with van der Waals surface area (Å²) in [5, 5.41) is 42.3. The van der Waals surface area contributed by atoms with Gasteiger partial charge < -0.3 is 26.2 Å². The summed E-state index contributed by atoms with van der Waals surface area (Å²) in [4.78, 5) is 30.1. The minimum Gasteiger partial charge on any atom is -0.506 e. The van der Waals surface area contributed by atoms with Gasteiger partial charge in [-0.2, -0.15) is 0 Å². The van der Waals surface area contributed by atoms with Gasteiger partial charge in [-0.25, -0.2) is 0 Å². The van der Waals surface area contributed by atoms with Crippen LogP contribution in [-0.4, -0.2) is 66.3 Å². The molecule has 0 bridgehead atoms. The number of nitrogens with two attached hydrogens (primary N) is 1. The molecule has 2 heterocycles. The maximum absolute atomic E-state index is 11.2. The van der Waals surface area contributed by atoms with Crippen molar-refractivity contribution in [2.24, 2.45) is 5.73 Å². The fourth-order valence-corrected chi connectivity index (χ4v) is 3.76. The average Bonchev–Trinajstić information content (AvgIpc) is 2.98. The predicted octanol–water partition coefficient (Wildman–Crippen LogP) is 3.07. The second-order valence-corrected chi connectivity index (χ2v) is 9.01. The first-order chi connectivity index (χ1) is 19.6. The molecule has 0 saturated carbocycles. The maximum Gasteiger partial charge on any atom is 0.321 e. The minimum absolute atomic E-state index is 0.0767.